The monoisotopic (exact) mass is 491 g/mol. The molecule has 0 bridgehead atoms. The highest BCUT2D eigenvalue weighted by Gasteiger charge is 2.35. The van der Waals surface area contributed by atoms with Gasteiger partial charge in [0.2, 0.25) is 15.9 Å². The highest BCUT2D eigenvalue weighted by atomic mass is 32.2. The zero-order valence-corrected chi connectivity index (χ0v) is 20.2. The predicted octanol–water partition coefficient (Wildman–Crippen LogP) is 3.44. The number of benzene rings is 3. The van der Waals surface area contributed by atoms with Crippen molar-refractivity contribution in [3.63, 3.8) is 0 Å². The third kappa shape index (κ3) is 5.16. The minimum atomic E-state index is -3.71. The molecule has 0 spiro atoms. The van der Waals surface area contributed by atoms with E-state index in [0.717, 1.165) is 16.0 Å². The molecule has 35 heavy (non-hydrogen) atoms. The number of nitrogens with one attached hydrogen (secondary N) is 1. The van der Waals surface area contributed by atoms with Crippen LogP contribution in [-0.2, 0) is 21.4 Å². The second-order valence-electron chi connectivity index (χ2n) is 8.38. The highest BCUT2D eigenvalue weighted by Crippen LogP contribution is 2.24. The number of carbonyl (C=O) groups is 3. The molecule has 0 aromatic heterocycles. The standard InChI is InChI=1S/C26H25N3O5S/c1-18-8-13-22-23(16-18)26(32)29(25(22)31)15-14-24(30)27-20-9-11-21(12-10-20)35(33,34)28(2)17-19-6-4-3-5-7-19/h3-13,16H,14-15,17H2,1-2H3,(H,27,30). The number of carbonyl (C=O) groups excluding carboxylic acids is 3. The summed E-state index contributed by atoms with van der Waals surface area (Å²) in [4.78, 5) is 38.6. The van der Waals surface area contributed by atoms with E-state index in [1.54, 1.807) is 18.2 Å². The van der Waals surface area contributed by atoms with Crippen molar-refractivity contribution in [2.75, 3.05) is 18.9 Å². The van der Waals surface area contributed by atoms with Gasteiger partial charge in [-0.1, -0.05) is 42.0 Å². The average molecular weight is 492 g/mol. The second kappa shape index (κ2) is 9.81. The average Bonchev–Trinajstić information content (AvgIpc) is 3.07. The van der Waals surface area contributed by atoms with Crippen molar-refractivity contribution in [3.05, 3.63) is 95.1 Å². The van der Waals surface area contributed by atoms with Crippen LogP contribution in [0.2, 0.25) is 0 Å². The molecule has 1 aliphatic heterocycles. The smallest absolute Gasteiger partial charge is 0.261 e. The molecule has 0 atom stereocenters. The van der Waals surface area contributed by atoms with Crippen LogP contribution in [0, 0.1) is 6.92 Å². The van der Waals surface area contributed by atoms with E-state index in [4.69, 9.17) is 0 Å². The molecule has 180 valence electrons. The molecular weight excluding hydrogens is 466 g/mol. The lowest BCUT2D eigenvalue weighted by Gasteiger charge is -2.17. The molecule has 1 heterocycles. The first-order chi connectivity index (χ1) is 16.7. The Balaban J connectivity index is 1.34. The summed E-state index contributed by atoms with van der Waals surface area (Å²) in [6.45, 7) is 2.03. The molecule has 1 N–H and O–H groups in total. The molecular formula is C26H25N3O5S. The molecule has 0 aliphatic carbocycles. The summed E-state index contributed by atoms with van der Waals surface area (Å²) in [5, 5.41) is 2.68. The van der Waals surface area contributed by atoms with E-state index < -0.39 is 27.7 Å². The molecule has 0 fully saturated rings. The topological polar surface area (TPSA) is 104 Å². The van der Waals surface area contributed by atoms with Crippen LogP contribution in [0.5, 0.6) is 0 Å². The van der Waals surface area contributed by atoms with Gasteiger partial charge >= 0.3 is 0 Å². The highest BCUT2D eigenvalue weighted by molar-refractivity contribution is 7.89. The van der Waals surface area contributed by atoms with Crippen molar-refractivity contribution in [2.24, 2.45) is 0 Å². The first kappa shape index (κ1) is 24.3. The van der Waals surface area contributed by atoms with Gasteiger partial charge in [0.15, 0.2) is 0 Å². The van der Waals surface area contributed by atoms with Crippen molar-refractivity contribution < 1.29 is 22.8 Å². The van der Waals surface area contributed by atoms with Gasteiger partial charge in [-0.05, 0) is 48.9 Å². The lowest BCUT2D eigenvalue weighted by molar-refractivity contribution is -0.116. The third-order valence-electron chi connectivity index (χ3n) is 5.78. The van der Waals surface area contributed by atoms with Gasteiger partial charge in [0, 0.05) is 32.2 Å². The SMILES string of the molecule is Cc1ccc2c(c1)C(=O)N(CCC(=O)Nc1ccc(S(=O)(=O)N(C)Cc3ccccc3)cc1)C2=O. The number of sulfonamides is 1. The molecule has 0 radical (unpaired) electrons. The van der Waals surface area contributed by atoms with Gasteiger partial charge in [-0.2, -0.15) is 4.31 Å². The minimum Gasteiger partial charge on any atom is -0.326 e. The first-order valence-electron chi connectivity index (χ1n) is 11.0. The number of hydrogen-bond acceptors (Lipinski definition) is 5. The Morgan fingerprint density at radius 1 is 0.914 bits per heavy atom. The molecule has 0 saturated heterocycles. The normalized spacial score (nSPS) is 13.3. The quantitative estimate of drug-likeness (QED) is 0.486. The van der Waals surface area contributed by atoms with Crippen molar-refractivity contribution in [2.45, 2.75) is 24.8 Å². The van der Waals surface area contributed by atoms with Crippen molar-refractivity contribution in [1.29, 1.82) is 0 Å². The summed E-state index contributed by atoms with van der Waals surface area (Å²) in [6.07, 6.45) is -0.0791. The van der Waals surface area contributed by atoms with Crippen LogP contribution in [0.15, 0.2) is 77.7 Å². The molecule has 4 rings (SSSR count). The van der Waals surface area contributed by atoms with Gasteiger partial charge in [0.1, 0.15) is 0 Å². The molecule has 3 amide bonds. The Kier molecular flexibility index (Phi) is 6.81. The molecule has 3 aromatic rings. The van der Waals surface area contributed by atoms with Crippen LogP contribution in [0.1, 0.15) is 38.3 Å². The minimum absolute atomic E-state index is 0.0476. The van der Waals surface area contributed by atoms with E-state index >= 15 is 0 Å². The van der Waals surface area contributed by atoms with Crippen LogP contribution in [0.25, 0.3) is 0 Å². The lowest BCUT2D eigenvalue weighted by Crippen LogP contribution is -2.32. The van der Waals surface area contributed by atoms with Gasteiger partial charge in [0.05, 0.1) is 16.0 Å². The van der Waals surface area contributed by atoms with Crippen molar-refractivity contribution in [1.82, 2.24) is 9.21 Å². The number of rotatable bonds is 8. The number of amides is 3. The molecule has 0 unspecified atom stereocenters. The summed E-state index contributed by atoms with van der Waals surface area (Å²) >= 11 is 0. The second-order valence-corrected chi connectivity index (χ2v) is 10.4. The van der Waals surface area contributed by atoms with E-state index in [9.17, 15) is 22.8 Å². The molecule has 8 nitrogen and oxygen atoms in total. The zero-order valence-electron chi connectivity index (χ0n) is 19.4. The van der Waals surface area contributed by atoms with Gasteiger partial charge in [-0.15, -0.1) is 0 Å². The fourth-order valence-electron chi connectivity index (χ4n) is 3.86. The largest absolute Gasteiger partial charge is 0.326 e. The van der Waals surface area contributed by atoms with Crippen molar-refractivity contribution >= 4 is 33.4 Å². The number of fused-ring (bicyclic) bond motifs is 1. The molecule has 3 aromatic carbocycles. The number of hydrogen-bond donors (Lipinski definition) is 1. The maximum absolute atomic E-state index is 12.9. The molecule has 0 saturated carbocycles. The van der Waals surface area contributed by atoms with Crippen LogP contribution in [-0.4, -0.2) is 48.9 Å². The van der Waals surface area contributed by atoms with Crippen LogP contribution >= 0.6 is 0 Å². The molecule has 9 heteroatoms. The lowest BCUT2D eigenvalue weighted by atomic mass is 10.1. The van der Waals surface area contributed by atoms with E-state index in [1.807, 2.05) is 37.3 Å². The maximum Gasteiger partial charge on any atom is 0.261 e. The van der Waals surface area contributed by atoms with E-state index in [1.165, 1.54) is 35.6 Å². The number of imide groups is 1. The van der Waals surface area contributed by atoms with Crippen LogP contribution in [0.4, 0.5) is 5.69 Å². The predicted molar refractivity (Wildman–Crippen MR) is 131 cm³/mol. The number of anilines is 1. The summed E-state index contributed by atoms with van der Waals surface area (Å²) in [5.74, 6) is -1.21. The van der Waals surface area contributed by atoms with E-state index in [2.05, 4.69) is 5.32 Å². The Morgan fingerprint density at radius 2 is 1.57 bits per heavy atom. The fourth-order valence-corrected chi connectivity index (χ4v) is 5.02. The van der Waals surface area contributed by atoms with E-state index in [-0.39, 0.29) is 24.4 Å². The summed E-state index contributed by atoms with van der Waals surface area (Å²) in [5.41, 5.74) is 2.86. The van der Waals surface area contributed by atoms with Crippen LogP contribution in [0.3, 0.4) is 0 Å². The van der Waals surface area contributed by atoms with E-state index in [0.29, 0.717) is 16.8 Å². The number of aryl methyl sites for hydroxylation is 1. The maximum atomic E-state index is 12.9. The summed E-state index contributed by atoms with van der Waals surface area (Å²) in [6, 6.07) is 20.2. The number of nitrogens with zero attached hydrogens (tertiary/aromatic N) is 2. The Bertz CT molecular complexity index is 1390. The van der Waals surface area contributed by atoms with Gasteiger partial charge in [-0.25, -0.2) is 8.42 Å². The summed E-state index contributed by atoms with van der Waals surface area (Å²) in [7, 11) is -2.19. The molecule has 1 aliphatic rings. The van der Waals surface area contributed by atoms with Gasteiger partial charge in [-0.3, -0.25) is 19.3 Å². The third-order valence-corrected chi connectivity index (χ3v) is 7.60. The Morgan fingerprint density at radius 3 is 2.26 bits per heavy atom. The zero-order chi connectivity index (χ0) is 25.2. The fraction of sp³-hybridized carbons (Fsp3) is 0.192. The van der Waals surface area contributed by atoms with Crippen LogP contribution < -0.4 is 5.32 Å². The Labute approximate surface area is 204 Å². The summed E-state index contributed by atoms with van der Waals surface area (Å²) < 4.78 is 27.0. The van der Waals surface area contributed by atoms with Gasteiger partial charge in [0.25, 0.3) is 11.8 Å². The van der Waals surface area contributed by atoms with Crippen molar-refractivity contribution in [3.8, 4) is 0 Å². The first-order valence-corrected chi connectivity index (χ1v) is 12.5. The Hall–Kier alpha value is -3.82. The van der Waals surface area contributed by atoms with Gasteiger partial charge < -0.3 is 5.32 Å².